The maximum atomic E-state index is 9.79. The number of aromatic hydroxyl groups is 1. The van der Waals surface area contributed by atoms with Crippen molar-refractivity contribution in [2.75, 3.05) is 0 Å². The summed E-state index contributed by atoms with van der Waals surface area (Å²) in [5.41, 5.74) is 1.81. The molecule has 1 aromatic heterocycles. The lowest BCUT2D eigenvalue weighted by Crippen LogP contribution is -1.97. The summed E-state index contributed by atoms with van der Waals surface area (Å²) in [5, 5.41) is 14.1. The van der Waals surface area contributed by atoms with Crippen molar-refractivity contribution >= 4 is 0 Å². The first-order valence-electron chi connectivity index (χ1n) is 4.94. The van der Waals surface area contributed by atoms with Crippen LogP contribution in [0.5, 0.6) is 5.75 Å². The first-order valence-corrected chi connectivity index (χ1v) is 4.94. The summed E-state index contributed by atoms with van der Waals surface area (Å²) in [5.74, 6) is 0.409. The van der Waals surface area contributed by atoms with Gasteiger partial charge < -0.3 is 5.11 Å². The van der Waals surface area contributed by atoms with Crippen molar-refractivity contribution in [3.05, 3.63) is 11.4 Å². The quantitative estimate of drug-likeness (QED) is 0.773. The Hall–Kier alpha value is -0.990. The molecule has 13 heavy (non-hydrogen) atoms. The van der Waals surface area contributed by atoms with Gasteiger partial charge in [0.25, 0.3) is 0 Å². The summed E-state index contributed by atoms with van der Waals surface area (Å²) in [6, 6.07) is 0. The summed E-state index contributed by atoms with van der Waals surface area (Å²) in [6.07, 6.45) is 3.83. The van der Waals surface area contributed by atoms with E-state index in [0.29, 0.717) is 5.75 Å². The van der Waals surface area contributed by atoms with Crippen LogP contribution in [0.25, 0.3) is 0 Å². The molecular formula is C10H18N2O. The molecule has 1 rings (SSSR count). The van der Waals surface area contributed by atoms with E-state index in [9.17, 15) is 5.11 Å². The second kappa shape index (κ2) is 4.30. The Morgan fingerprint density at radius 3 is 2.38 bits per heavy atom. The molecule has 0 aliphatic carbocycles. The van der Waals surface area contributed by atoms with Crippen LogP contribution in [0, 0.1) is 0 Å². The summed E-state index contributed by atoms with van der Waals surface area (Å²) < 4.78 is 1.80. The molecule has 0 radical (unpaired) electrons. The SMILES string of the molecule is CCCc1nn(C)c(CCC)c1O. The molecule has 1 aromatic rings. The third-order valence-corrected chi connectivity index (χ3v) is 2.18. The van der Waals surface area contributed by atoms with Crippen molar-refractivity contribution in [1.29, 1.82) is 0 Å². The minimum Gasteiger partial charge on any atom is -0.504 e. The van der Waals surface area contributed by atoms with Gasteiger partial charge in [-0.05, 0) is 12.8 Å². The lowest BCUT2D eigenvalue weighted by atomic mass is 10.2. The topological polar surface area (TPSA) is 38.0 Å². The fraction of sp³-hybridized carbons (Fsp3) is 0.700. The number of hydrogen-bond donors (Lipinski definition) is 1. The molecular weight excluding hydrogens is 164 g/mol. The van der Waals surface area contributed by atoms with Crippen molar-refractivity contribution < 1.29 is 5.11 Å². The highest BCUT2D eigenvalue weighted by atomic mass is 16.3. The van der Waals surface area contributed by atoms with E-state index in [1.165, 1.54) is 0 Å². The normalized spacial score (nSPS) is 10.7. The first kappa shape index (κ1) is 10.1. The molecule has 0 aliphatic rings. The first-order chi connectivity index (χ1) is 6.20. The lowest BCUT2D eigenvalue weighted by molar-refractivity contribution is 0.458. The monoisotopic (exact) mass is 182 g/mol. The minimum atomic E-state index is 0.409. The van der Waals surface area contributed by atoms with Crippen molar-refractivity contribution in [1.82, 2.24) is 9.78 Å². The predicted octanol–water partition coefficient (Wildman–Crippen LogP) is 2.03. The van der Waals surface area contributed by atoms with E-state index in [1.807, 2.05) is 7.05 Å². The fourth-order valence-corrected chi connectivity index (χ4v) is 1.53. The Kier molecular flexibility index (Phi) is 3.34. The molecule has 0 spiro atoms. The van der Waals surface area contributed by atoms with Gasteiger partial charge >= 0.3 is 0 Å². The summed E-state index contributed by atoms with van der Waals surface area (Å²) in [6.45, 7) is 4.19. The number of aromatic nitrogens is 2. The van der Waals surface area contributed by atoms with Gasteiger partial charge in [-0.25, -0.2) is 0 Å². The predicted molar refractivity (Wildman–Crippen MR) is 52.9 cm³/mol. The lowest BCUT2D eigenvalue weighted by Gasteiger charge is -1.98. The molecule has 0 fully saturated rings. The Labute approximate surface area is 79.4 Å². The molecule has 0 atom stereocenters. The van der Waals surface area contributed by atoms with Gasteiger partial charge in [-0.3, -0.25) is 4.68 Å². The third-order valence-electron chi connectivity index (χ3n) is 2.18. The zero-order valence-corrected chi connectivity index (χ0v) is 8.67. The second-order valence-corrected chi connectivity index (χ2v) is 3.37. The van der Waals surface area contributed by atoms with Crippen LogP contribution in [0.15, 0.2) is 0 Å². The van der Waals surface area contributed by atoms with Crippen LogP contribution in [-0.4, -0.2) is 14.9 Å². The Balaban J connectivity index is 2.92. The fourth-order valence-electron chi connectivity index (χ4n) is 1.53. The highest BCUT2D eigenvalue weighted by Gasteiger charge is 2.12. The van der Waals surface area contributed by atoms with E-state index in [4.69, 9.17) is 0 Å². The molecule has 0 aliphatic heterocycles. The van der Waals surface area contributed by atoms with Crippen LogP contribution in [-0.2, 0) is 19.9 Å². The zero-order chi connectivity index (χ0) is 9.84. The summed E-state index contributed by atoms with van der Waals surface area (Å²) >= 11 is 0. The number of aryl methyl sites for hydroxylation is 2. The summed E-state index contributed by atoms with van der Waals surface area (Å²) in [7, 11) is 1.89. The van der Waals surface area contributed by atoms with E-state index in [0.717, 1.165) is 37.1 Å². The van der Waals surface area contributed by atoms with Crippen molar-refractivity contribution in [2.45, 2.75) is 39.5 Å². The summed E-state index contributed by atoms with van der Waals surface area (Å²) in [4.78, 5) is 0. The second-order valence-electron chi connectivity index (χ2n) is 3.37. The van der Waals surface area contributed by atoms with Crippen LogP contribution in [0.2, 0.25) is 0 Å². The Bertz CT molecular complexity index is 279. The molecule has 0 saturated heterocycles. The van der Waals surface area contributed by atoms with Gasteiger partial charge in [-0.1, -0.05) is 26.7 Å². The molecule has 0 aromatic carbocycles. The molecule has 3 nitrogen and oxygen atoms in total. The van der Waals surface area contributed by atoms with Crippen molar-refractivity contribution in [3.8, 4) is 5.75 Å². The molecule has 0 bridgehead atoms. The van der Waals surface area contributed by atoms with E-state index in [2.05, 4.69) is 18.9 Å². The third kappa shape index (κ3) is 2.02. The highest BCUT2D eigenvalue weighted by molar-refractivity contribution is 5.32. The average Bonchev–Trinajstić information content (AvgIpc) is 2.34. The van der Waals surface area contributed by atoms with Crippen LogP contribution >= 0.6 is 0 Å². The van der Waals surface area contributed by atoms with Gasteiger partial charge in [-0.2, -0.15) is 5.10 Å². The number of hydrogen-bond acceptors (Lipinski definition) is 2. The largest absolute Gasteiger partial charge is 0.504 e. The molecule has 0 saturated carbocycles. The van der Waals surface area contributed by atoms with Crippen LogP contribution in [0.3, 0.4) is 0 Å². The van der Waals surface area contributed by atoms with Gasteiger partial charge in [-0.15, -0.1) is 0 Å². The smallest absolute Gasteiger partial charge is 0.160 e. The Morgan fingerprint density at radius 1 is 1.23 bits per heavy atom. The minimum absolute atomic E-state index is 0.409. The van der Waals surface area contributed by atoms with Crippen molar-refractivity contribution in [2.24, 2.45) is 7.05 Å². The van der Waals surface area contributed by atoms with Crippen LogP contribution in [0.1, 0.15) is 38.1 Å². The van der Waals surface area contributed by atoms with Gasteiger partial charge in [0.15, 0.2) is 5.75 Å². The van der Waals surface area contributed by atoms with Crippen molar-refractivity contribution in [3.63, 3.8) is 0 Å². The molecule has 0 unspecified atom stereocenters. The molecule has 3 heteroatoms. The average molecular weight is 182 g/mol. The molecule has 1 N–H and O–H groups in total. The molecule has 1 heterocycles. The number of nitrogens with zero attached hydrogens (tertiary/aromatic N) is 2. The zero-order valence-electron chi connectivity index (χ0n) is 8.67. The molecule has 74 valence electrons. The van der Waals surface area contributed by atoms with E-state index < -0.39 is 0 Å². The van der Waals surface area contributed by atoms with Gasteiger partial charge in [0.05, 0.1) is 5.69 Å². The van der Waals surface area contributed by atoms with Gasteiger partial charge in [0.2, 0.25) is 0 Å². The van der Waals surface area contributed by atoms with Crippen LogP contribution < -0.4 is 0 Å². The highest BCUT2D eigenvalue weighted by Crippen LogP contribution is 2.23. The van der Waals surface area contributed by atoms with E-state index in [1.54, 1.807) is 4.68 Å². The maximum absolute atomic E-state index is 9.79. The number of rotatable bonds is 4. The van der Waals surface area contributed by atoms with E-state index >= 15 is 0 Å². The van der Waals surface area contributed by atoms with Crippen LogP contribution in [0.4, 0.5) is 0 Å². The Morgan fingerprint density at radius 2 is 1.85 bits per heavy atom. The standard InChI is InChI=1S/C10H18N2O/c1-4-6-8-10(13)9(7-5-2)12(3)11-8/h13H,4-7H2,1-3H3. The maximum Gasteiger partial charge on any atom is 0.160 e. The molecule has 0 amide bonds. The van der Waals surface area contributed by atoms with Gasteiger partial charge in [0.1, 0.15) is 5.69 Å². The van der Waals surface area contributed by atoms with E-state index in [-0.39, 0.29) is 0 Å². The van der Waals surface area contributed by atoms with Gasteiger partial charge in [0, 0.05) is 7.05 Å².